The fourth-order valence-electron chi connectivity index (χ4n) is 1.76. The molecule has 0 radical (unpaired) electrons. The first-order valence-corrected chi connectivity index (χ1v) is 5.93. The molecule has 0 amide bonds. The molecule has 0 atom stereocenters. The van der Waals surface area contributed by atoms with Gasteiger partial charge in [-0.25, -0.2) is 0 Å². The zero-order valence-corrected chi connectivity index (χ0v) is 11.1. The van der Waals surface area contributed by atoms with Gasteiger partial charge in [-0.15, -0.1) is 0 Å². The molecule has 0 spiro atoms. The van der Waals surface area contributed by atoms with Crippen molar-refractivity contribution < 1.29 is 4.74 Å². The van der Waals surface area contributed by atoms with Crippen LogP contribution in [0.15, 0.2) is 18.2 Å². The Kier molecular flexibility index (Phi) is 4.81. The van der Waals surface area contributed by atoms with E-state index >= 15 is 0 Å². The molecule has 0 heterocycles. The summed E-state index contributed by atoms with van der Waals surface area (Å²) in [6.07, 6.45) is 0. The zero-order chi connectivity index (χ0) is 12.1. The van der Waals surface area contributed by atoms with E-state index in [1.807, 2.05) is 0 Å². The topological polar surface area (TPSA) is 12.5 Å². The van der Waals surface area contributed by atoms with E-state index in [4.69, 9.17) is 4.74 Å². The van der Waals surface area contributed by atoms with Crippen molar-refractivity contribution in [3.63, 3.8) is 0 Å². The van der Waals surface area contributed by atoms with Gasteiger partial charge >= 0.3 is 0 Å². The van der Waals surface area contributed by atoms with E-state index in [2.05, 4.69) is 50.9 Å². The molecule has 1 aromatic carbocycles. The fraction of sp³-hybridized carbons (Fsp3) is 0.571. The Morgan fingerprint density at radius 2 is 2.00 bits per heavy atom. The van der Waals surface area contributed by atoms with Gasteiger partial charge in [0.1, 0.15) is 5.75 Å². The average Bonchev–Trinajstić information content (AvgIpc) is 2.28. The predicted molar refractivity (Wildman–Crippen MR) is 69.1 cm³/mol. The van der Waals surface area contributed by atoms with Crippen LogP contribution >= 0.6 is 0 Å². The van der Waals surface area contributed by atoms with Crippen LogP contribution in [0, 0.1) is 0 Å². The molecule has 1 aromatic rings. The van der Waals surface area contributed by atoms with Crippen LogP contribution in [0.4, 0.5) is 0 Å². The van der Waals surface area contributed by atoms with Gasteiger partial charge in [-0.1, -0.05) is 32.9 Å². The lowest BCUT2D eigenvalue weighted by molar-refractivity contribution is 0.345. The molecule has 0 unspecified atom stereocenters. The second-order valence-corrected chi connectivity index (χ2v) is 4.56. The molecule has 90 valence electrons. The SMILES string of the molecule is CCN(C)Cc1ccc(OC)c(C(C)C)c1. The maximum Gasteiger partial charge on any atom is 0.122 e. The van der Waals surface area contributed by atoms with E-state index < -0.39 is 0 Å². The van der Waals surface area contributed by atoms with Crippen LogP contribution < -0.4 is 4.74 Å². The second-order valence-electron chi connectivity index (χ2n) is 4.56. The Bertz CT molecular complexity index is 334. The largest absolute Gasteiger partial charge is 0.496 e. The summed E-state index contributed by atoms with van der Waals surface area (Å²) in [6.45, 7) is 8.65. The van der Waals surface area contributed by atoms with Gasteiger partial charge in [-0.3, -0.25) is 0 Å². The minimum Gasteiger partial charge on any atom is -0.496 e. The van der Waals surface area contributed by atoms with Crippen LogP contribution in [0.2, 0.25) is 0 Å². The quantitative estimate of drug-likeness (QED) is 0.756. The standard InChI is InChI=1S/C14H23NO/c1-6-15(4)10-12-7-8-14(16-5)13(9-12)11(2)3/h7-9,11H,6,10H2,1-5H3. The number of hydrogen-bond donors (Lipinski definition) is 0. The Morgan fingerprint density at radius 1 is 1.31 bits per heavy atom. The zero-order valence-electron chi connectivity index (χ0n) is 11.1. The number of nitrogens with zero attached hydrogens (tertiary/aromatic N) is 1. The highest BCUT2D eigenvalue weighted by Crippen LogP contribution is 2.27. The third-order valence-corrected chi connectivity index (χ3v) is 2.91. The highest BCUT2D eigenvalue weighted by atomic mass is 16.5. The maximum atomic E-state index is 5.38. The molecule has 2 heteroatoms. The van der Waals surface area contributed by atoms with Crippen LogP contribution in [-0.4, -0.2) is 25.6 Å². The lowest BCUT2D eigenvalue weighted by Gasteiger charge is -2.17. The van der Waals surface area contributed by atoms with Crippen LogP contribution in [0.3, 0.4) is 0 Å². The maximum absolute atomic E-state index is 5.38. The molecular weight excluding hydrogens is 198 g/mol. The van der Waals surface area contributed by atoms with Gasteiger partial charge in [0.05, 0.1) is 7.11 Å². The molecule has 0 bridgehead atoms. The van der Waals surface area contributed by atoms with Crippen LogP contribution in [-0.2, 0) is 6.54 Å². The molecule has 0 saturated carbocycles. The summed E-state index contributed by atoms with van der Waals surface area (Å²) in [5.74, 6) is 1.50. The minimum atomic E-state index is 0.502. The summed E-state index contributed by atoms with van der Waals surface area (Å²) in [5.41, 5.74) is 2.65. The van der Waals surface area contributed by atoms with E-state index in [0.29, 0.717) is 5.92 Å². The van der Waals surface area contributed by atoms with E-state index in [1.165, 1.54) is 11.1 Å². The average molecular weight is 221 g/mol. The van der Waals surface area contributed by atoms with Gasteiger partial charge in [0.15, 0.2) is 0 Å². The number of rotatable bonds is 5. The Labute approximate surface area is 99.2 Å². The van der Waals surface area contributed by atoms with Crippen molar-refractivity contribution >= 4 is 0 Å². The van der Waals surface area contributed by atoms with E-state index in [0.717, 1.165) is 18.8 Å². The first-order valence-electron chi connectivity index (χ1n) is 5.93. The predicted octanol–water partition coefficient (Wildman–Crippen LogP) is 3.27. The Morgan fingerprint density at radius 3 is 2.50 bits per heavy atom. The molecule has 0 fully saturated rings. The Hall–Kier alpha value is -1.02. The molecule has 0 aliphatic carbocycles. The van der Waals surface area contributed by atoms with Gasteiger partial charge in [0, 0.05) is 6.54 Å². The highest BCUT2D eigenvalue weighted by Gasteiger charge is 2.08. The second kappa shape index (κ2) is 5.90. The first-order chi connectivity index (χ1) is 7.58. The first kappa shape index (κ1) is 13.0. The van der Waals surface area contributed by atoms with Crippen LogP contribution in [0.5, 0.6) is 5.75 Å². The molecule has 1 rings (SSSR count). The summed E-state index contributed by atoms with van der Waals surface area (Å²) in [7, 11) is 3.87. The van der Waals surface area contributed by atoms with Crippen LogP contribution in [0.25, 0.3) is 0 Å². The van der Waals surface area contributed by atoms with Gasteiger partial charge in [-0.2, -0.15) is 0 Å². The third-order valence-electron chi connectivity index (χ3n) is 2.91. The van der Waals surface area contributed by atoms with Gasteiger partial charge in [-0.05, 0) is 36.7 Å². The monoisotopic (exact) mass is 221 g/mol. The molecular formula is C14H23NO. The van der Waals surface area contributed by atoms with Gasteiger partial charge in [0.25, 0.3) is 0 Å². The molecule has 0 aliphatic rings. The van der Waals surface area contributed by atoms with Crippen molar-refractivity contribution in [3.8, 4) is 5.75 Å². The molecule has 2 nitrogen and oxygen atoms in total. The summed E-state index contributed by atoms with van der Waals surface area (Å²) < 4.78 is 5.38. The number of benzene rings is 1. The number of methoxy groups -OCH3 is 1. The van der Waals surface area contributed by atoms with E-state index in [9.17, 15) is 0 Å². The van der Waals surface area contributed by atoms with Crippen molar-refractivity contribution in [2.75, 3.05) is 20.7 Å². The van der Waals surface area contributed by atoms with Crippen molar-refractivity contribution in [1.29, 1.82) is 0 Å². The highest BCUT2D eigenvalue weighted by molar-refractivity contribution is 5.39. The molecule has 0 N–H and O–H groups in total. The Balaban J connectivity index is 2.93. The van der Waals surface area contributed by atoms with Crippen LogP contribution in [0.1, 0.15) is 37.8 Å². The van der Waals surface area contributed by atoms with E-state index in [1.54, 1.807) is 7.11 Å². The van der Waals surface area contributed by atoms with Crippen molar-refractivity contribution in [2.24, 2.45) is 0 Å². The molecule has 0 saturated heterocycles. The number of hydrogen-bond acceptors (Lipinski definition) is 2. The third kappa shape index (κ3) is 3.24. The number of ether oxygens (including phenoxy) is 1. The summed E-state index contributed by atoms with van der Waals surface area (Å²) in [5, 5.41) is 0. The minimum absolute atomic E-state index is 0.502. The summed E-state index contributed by atoms with van der Waals surface area (Å²) in [6, 6.07) is 6.49. The van der Waals surface area contributed by atoms with Crippen molar-refractivity contribution in [1.82, 2.24) is 4.90 Å². The summed E-state index contributed by atoms with van der Waals surface area (Å²) in [4.78, 5) is 2.30. The van der Waals surface area contributed by atoms with E-state index in [-0.39, 0.29) is 0 Å². The van der Waals surface area contributed by atoms with Crippen molar-refractivity contribution in [3.05, 3.63) is 29.3 Å². The lowest BCUT2D eigenvalue weighted by Crippen LogP contribution is -2.16. The fourth-order valence-corrected chi connectivity index (χ4v) is 1.76. The lowest BCUT2D eigenvalue weighted by atomic mass is 9.99. The summed E-state index contributed by atoms with van der Waals surface area (Å²) >= 11 is 0. The molecule has 0 aromatic heterocycles. The molecule has 16 heavy (non-hydrogen) atoms. The van der Waals surface area contributed by atoms with Gasteiger partial charge in [0.2, 0.25) is 0 Å². The van der Waals surface area contributed by atoms with Gasteiger partial charge < -0.3 is 9.64 Å². The van der Waals surface area contributed by atoms with Crippen molar-refractivity contribution in [2.45, 2.75) is 33.2 Å². The normalized spacial score (nSPS) is 11.2. The smallest absolute Gasteiger partial charge is 0.122 e. The molecule has 0 aliphatic heterocycles.